The summed E-state index contributed by atoms with van der Waals surface area (Å²) in [7, 11) is 0. The Morgan fingerprint density at radius 3 is 2.48 bits per heavy atom. The summed E-state index contributed by atoms with van der Waals surface area (Å²) in [6.07, 6.45) is 0. The highest BCUT2D eigenvalue weighted by atomic mass is 16.5. The third-order valence-electron chi connectivity index (χ3n) is 4.99. The van der Waals surface area contributed by atoms with Gasteiger partial charge < -0.3 is 15.2 Å². The normalized spacial score (nSPS) is 19.5. The van der Waals surface area contributed by atoms with Crippen LogP contribution >= 0.6 is 0 Å². The minimum Gasteiger partial charge on any atom is -0.474 e. The van der Waals surface area contributed by atoms with Crippen LogP contribution < -0.4 is 10.5 Å². The number of carbonyl (C=O) groups excluding carboxylic acids is 1. The first-order chi connectivity index (χ1) is 13.2. The minimum absolute atomic E-state index is 0.326. The van der Waals surface area contributed by atoms with Crippen molar-refractivity contribution in [1.82, 2.24) is 0 Å². The Morgan fingerprint density at radius 2 is 1.67 bits per heavy atom. The molecule has 0 aromatic heterocycles. The molecule has 0 radical (unpaired) electrons. The second-order valence-corrected chi connectivity index (χ2v) is 6.61. The first-order valence-corrected chi connectivity index (χ1v) is 8.67. The predicted molar refractivity (Wildman–Crippen MR) is 101 cm³/mol. The summed E-state index contributed by atoms with van der Waals surface area (Å²) >= 11 is 0. The third-order valence-corrected chi connectivity index (χ3v) is 4.99. The van der Waals surface area contributed by atoms with Crippen molar-refractivity contribution in [3.63, 3.8) is 0 Å². The van der Waals surface area contributed by atoms with Gasteiger partial charge in [0, 0.05) is 22.3 Å². The molecule has 0 saturated carbocycles. The van der Waals surface area contributed by atoms with E-state index in [0.717, 1.165) is 22.4 Å². The van der Waals surface area contributed by atoms with E-state index in [9.17, 15) is 4.79 Å². The number of primary amides is 1. The van der Waals surface area contributed by atoms with Crippen LogP contribution in [0, 0.1) is 0 Å². The number of para-hydroxylation sites is 1. The second-order valence-electron chi connectivity index (χ2n) is 6.61. The Balaban J connectivity index is 1.76. The summed E-state index contributed by atoms with van der Waals surface area (Å²) < 4.78 is 12.1. The van der Waals surface area contributed by atoms with Crippen molar-refractivity contribution >= 4 is 11.8 Å². The maximum Gasteiger partial charge on any atom is 0.248 e. The fourth-order valence-electron chi connectivity index (χ4n) is 3.67. The van der Waals surface area contributed by atoms with Gasteiger partial charge >= 0.3 is 0 Å². The Kier molecular flexibility index (Phi) is 3.31. The number of rotatable bonds is 2. The van der Waals surface area contributed by atoms with Gasteiger partial charge in [0.1, 0.15) is 18.1 Å². The van der Waals surface area contributed by atoms with Crippen molar-refractivity contribution in [2.45, 2.75) is 5.54 Å². The van der Waals surface area contributed by atoms with Crippen molar-refractivity contribution in [1.29, 1.82) is 0 Å². The van der Waals surface area contributed by atoms with Crippen molar-refractivity contribution in [2.75, 3.05) is 6.61 Å². The molecule has 1 unspecified atom stereocenters. The van der Waals surface area contributed by atoms with Crippen LogP contribution in [0.4, 0.5) is 0 Å². The number of amides is 1. The maximum absolute atomic E-state index is 11.7. The number of nitrogens with two attached hydrogens (primary N) is 1. The molecule has 132 valence electrons. The van der Waals surface area contributed by atoms with E-state index in [2.05, 4.69) is 0 Å². The Labute approximate surface area is 156 Å². The van der Waals surface area contributed by atoms with Gasteiger partial charge in [0.2, 0.25) is 11.8 Å². The van der Waals surface area contributed by atoms with Crippen LogP contribution in [0.15, 0.2) is 77.8 Å². The fourth-order valence-corrected chi connectivity index (χ4v) is 3.67. The third kappa shape index (κ3) is 2.32. The van der Waals surface area contributed by atoms with E-state index in [1.165, 1.54) is 0 Å². The molecule has 5 heteroatoms. The zero-order chi connectivity index (χ0) is 18.4. The topological polar surface area (TPSA) is 73.9 Å². The van der Waals surface area contributed by atoms with Gasteiger partial charge in [-0.1, -0.05) is 36.4 Å². The molecule has 3 aromatic rings. The average molecular weight is 356 g/mol. The highest BCUT2D eigenvalue weighted by Crippen LogP contribution is 2.51. The van der Waals surface area contributed by atoms with E-state index < -0.39 is 11.4 Å². The molecule has 1 amide bonds. The number of carbonyl (C=O) groups is 1. The van der Waals surface area contributed by atoms with E-state index in [-0.39, 0.29) is 0 Å². The van der Waals surface area contributed by atoms with Gasteiger partial charge in [-0.05, 0) is 36.4 Å². The van der Waals surface area contributed by atoms with Crippen LogP contribution in [-0.2, 0) is 10.3 Å². The first-order valence-electron chi connectivity index (χ1n) is 8.67. The molecule has 2 N–H and O–H groups in total. The molecule has 0 saturated heterocycles. The zero-order valence-electron chi connectivity index (χ0n) is 14.4. The monoisotopic (exact) mass is 356 g/mol. The highest BCUT2D eigenvalue weighted by molar-refractivity contribution is 5.97. The molecular weight excluding hydrogens is 340 g/mol. The van der Waals surface area contributed by atoms with Crippen LogP contribution in [-0.4, -0.2) is 18.4 Å². The number of ether oxygens (including phenoxy) is 2. The van der Waals surface area contributed by atoms with Crippen molar-refractivity contribution in [3.05, 3.63) is 95.1 Å². The fraction of sp³-hybridized carbons (Fsp3) is 0.0909. The summed E-state index contributed by atoms with van der Waals surface area (Å²) in [6, 6.07) is 22.7. The molecule has 5 rings (SSSR count). The molecule has 5 nitrogen and oxygen atoms in total. The zero-order valence-corrected chi connectivity index (χ0v) is 14.4. The Bertz CT molecular complexity index is 1090. The van der Waals surface area contributed by atoms with E-state index in [1.807, 2.05) is 54.6 Å². The lowest BCUT2D eigenvalue weighted by atomic mass is 9.81. The van der Waals surface area contributed by atoms with Gasteiger partial charge in [0.15, 0.2) is 5.54 Å². The van der Waals surface area contributed by atoms with Gasteiger partial charge in [-0.2, -0.15) is 0 Å². The molecular formula is C22H16N2O3. The van der Waals surface area contributed by atoms with Gasteiger partial charge in [-0.15, -0.1) is 0 Å². The van der Waals surface area contributed by atoms with Crippen molar-refractivity contribution in [2.24, 2.45) is 10.7 Å². The number of aliphatic imine (C=N–C) groups is 1. The lowest BCUT2D eigenvalue weighted by molar-refractivity contribution is 0.1000. The predicted octanol–water partition coefficient (Wildman–Crippen LogP) is 3.61. The summed E-state index contributed by atoms with van der Waals surface area (Å²) in [6.45, 7) is 0.326. The molecule has 2 aliphatic rings. The van der Waals surface area contributed by atoms with Gasteiger partial charge in [-0.25, -0.2) is 4.99 Å². The quantitative estimate of drug-likeness (QED) is 0.762. The van der Waals surface area contributed by atoms with E-state index in [1.54, 1.807) is 18.2 Å². The molecule has 2 aliphatic heterocycles. The van der Waals surface area contributed by atoms with E-state index >= 15 is 0 Å². The number of fused-ring (bicyclic) bond motifs is 4. The van der Waals surface area contributed by atoms with Gasteiger partial charge in [0.25, 0.3) is 0 Å². The number of nitrogens with zero attached hydrogens (tertiary/aromatic N) is 1. The Morgan fingerprint density at radius 1 is 0.926 bits per heavy atom. The van der Waals surface area contributed by atoms with Crippen LogP contribution in [0.1, 0.15) is 27.0 Å². The smallest absolute Gasteiger partial charge is 0.248 e. The molecule has 0 fully saturated rings. The summed E-state index contributed by atoms with van der Waals surface area (Å²) in [4.78, 5) is 16.7. The van der Waals surface area contributed by atoms with Crippen molar-refractivity contribution < 1.29 is 14.3 Å². The van der Waals surface area contributed by atoms with Gasteiger partial charge in [-0.3, -0.25) is 4.79 Å². The lowest BCUT2D eigenvalue weighted by Gasteiger charge is -2.33. The van der Waals surface area contributed by atoms with Crippen LogP contribution in [0.5, 0.6) is 11.5 Å². The maximum atomic E-state index is 11.7. The number of hydrogen-bond donors (Lipinski definition) is 1. The largest absolute Gasteiger partial charge is 0.474 e. The molecule has 27 heavy (non-hydrogen) atoms. The van der Waals surface area contributed by atoms with Crippen LogP contribution in [0.25, 0.3) is 0 Å². The van der Waals surface area contributed by atoms with Crippen LogP contribution in [0.3, 0.4) is 0 Å². The standard InChI is InChI=1S/C22H16N2O3/c23-20(25)15-10-11-19-17(12-15)22(16-8-4-5-9-18(16)27-19)13-26-21(24-22)14-6-2-1-3-7-14/h1-12H,13H2,(H2,23,25). The van der Waals surface area contributed by atoms with E-state index in [0.29, 0.717) is 23.8 Å². The molecule has 0 bridgehead atoms. The average Bonchev–Trinajstić information content (AvgIpc) is 3.15. The molecule has 3 aromatic carbocycles. The first kappa shape index (κ1) is 15.6. The second kappa shape index (κ2) is 5.71. The molecule has 1 spiro atoms. The molecule has 2 heterocycles. The van der Waals surface area contributed by atoms with Crippen LogP contribution in [0.2, 0.25) is 0 Å². The SMILES string of the molecule is NC(=O)c1ccc2c(c1)C1(COC(c3ccccc3)=N1)c1ccccc1O2. The molecule has 0 aliphatic carbocycles. The molecule has 1 atom stereocenters. The minimum atomic E-state index is -0.777. The highest BCUT2D eigenvalue weighted by Gasteiger charge is 2.47. The van der Waals surface area contributed by atoms with E-state index in [4.69, 9.17) is 20.2 Å². The lowest BCUT2D eigenvalue weighted by Crippen LogP contribution is -2.31. The number of hydrogen-bond acceptors (Lipinski definition) is 4. The summed E-state index contributed by atoms with van der Waals surface area (Å²) in [5.41, 5.74) is 7.74. The summed E-state index contributed by atoms with van der Waals surface area (Å²) in [5.74, 6) is 1.47. The summed E-state index contributed by atoms with van der Waals surface area (Å²) in [5, 5.41) is 0. The van der Waals surface area contributed by atoms with Crippen molar-refractivity contribution in [3.8, 4) is 11.5 Å². The Hall–Kier alpha value is -3.60. The van der Waals surface area contributed by atoms with Gasteiger partial charge in [0.05, 0.1) is 0 Å². The number of benzene rings is 3.